The second-order valence-electron chi connectivity index (χ2n) is 4.72. The Morgan fingerprint density at radius 1 is 0.905 bits per heavy atom. The molecule has 2 aromatic rings. The Hall–Kier alpha value is -1.88. The highest BCUT2D eigenvalue weighted by Gasteiger charge is 2.17. The minimum absolute atomic E-state index is 0.218. The number of hydrogen-bond donors (Lipinski definition) is 1. The predicted molar refractivity (Wildman–Crippen MR) is 73.7 cm³/mol. The number of nitrogens with one attached hydrogen (secondary N) is 1. The van der Waals surface area contributed by atoms with Crippen molar-refractivity contribution in [2.45, 2.75) is 19.9 Å². The first-order chi connectivity index (χ1) is 10.0. The summed E-state index contributed by atoms with van der Waals surface area (Å²) < 4.78 is 54.1. The fourth-order valence-electron chi connectivity index (χ4n) is 2.15. The van der Waals surface area contributed by atoms with Crippen LogP contribution in [0.15, 0.2) is 30.3 Å². The van der Waals surface area contributed by atoms with Crippen LogP contribution in [0.1, 0.15) is 18.9 Å². The normalized spacial score (nSPS) is 10.9. The maximum absolute atomic E-state index is 13.9. The minimum Gasteiger partial charge on any atom is -0.313 e. The van der Waals surface area contributed by atoms with Gasteiger partial charge in [-0.2, -0.15) is 0 Å². The molecule has 2 aromatic carbocycles. The molecular formula is C16H15F4N. The lowest BCUT2D eigenvalue weighted by molar-refractivity contribution is 0.547. The molecule has 2 rings (SSSR count). The lowest BCUT2D eigenvalue weighted by Gasteiger charge is -2.12. The molecule has 5 heteroatoms. The van der Waals surface area contributed by atoms with Gasteiger partial charge in [-0.1, -0.05) is 13.0 Å². The molecule has 0 aliphatic heterocycles. The molecule has 0 heterocycles. The maximum Gasteiger partial charge on any atom is 0.136 e. The van der Waals surface area contributed by atoms with Crippen LogP contribution in [0.2, 0.25) is 0 Å². The van der Waals surface area contributed by atoms with Gasteiger partial charge in [0.25, 0.3) is 0 Å². The molecule has 0 atom stereocenters. The highest BCUT2D eigenvalue weighted by molar-refractivity contribution is 5.68. The van der Waals surface area contributed by atoms with E-state index in [1.807, 2.05) is 6.92 Å². The lowest BCUT2D eigenvalue weighted by Crippen LogP contribution is -2.15. The Balaban J connectivity index is 2.48. The zero-order chi connectivity index (χ0) is 15.4. The van der Waals surface area contributed by atoms with Gasteiger partial charge in [-0.05, 0) is 36.2 Å². The smallest absolute Gasteiger partial charge is 0.136 e. The van der Waals surface area contributed by atoms with Crippen LogP contribution >= 0.6 is 0 Å². The van der Waals surface area contributed by atoms with E-state index in [0.29, 0.717) is 24.2 Å². The average Bonchev–Trinajstić information content (AvgIpc) is 2.40. The first-order valence-corrected chi connectivity index (χ1v) is 6.67. The van der Waals surface area contributed by atoms with Crippen LogP contribution in [0.25, 0.3) is 11.1 Å². The van der Waals surface area contributed by atoms with Crippen LogP contribution < -0.4 is 5.32 Å². The highest BCUT2D eigenvalue weighted by Crippen LogP contribution is 2.30. The Labute approximate surface area is 120 Å². The van der Waals surface area contributed by atoms with E-state index in [2.05, 4.69) is 5.32 Å². The summed E-state index contributed by atoms with van der Waals surface area (Å²) in [5, 5.41) is 3.05. The van der Waals surface area contributed by atoms with E-state index < -0.39 is 23.3 Å². The zero-order valence-corrected chi connectivity index (χ0v) is 11.5. The topological polar surface area (TPSA) is 12.0 Å². The highest BCUT2D eigenvalue weighted by atomic mass is 19.1. The molecule has 1 N–H and O–H groups in total. The molecule has 0 bridgehead atoms. The van der Waals surface area contributed by atoms with Crippen molar-refractivity contribution < 1.29 is 17.6 Å². The van der Waals surface area contributed by atoms with Crippen LogP contribution in [0, 0.1) is 23.3 Å². The van der Waals surface area contributed by atoms with Crippen LogP contribution in [0.5, 0.6) is 0 Å². The summed E-state index contributed by atoms with van der Waals surface area (Å²) >= 11 is 0. The molecule has 0 spiro atoms. The Morgan fingerprint density at radius 2 is 1.57 bits per heavy atom. The number of halogens is 4. The SMILES string of the molecule is CCCNCc1cc(F)ccc1-c1c(F)cc(F)cc1F. The summed E-state index contributed by atoms with van der Waals surface area (Å²) in [5.41, 5.74) is 0.299. The summed E-state index contributed by atoms with van der Waals surface area (Å²) in [6.07, 6.45) is 0.879. The van der Waals surface area contributed by atoms with Gasteiger partial charge >= 0.3 is 0 Å². The van der Waals surface area contributed by atoms with Gasteiger partial charge < -0.3 is 5.32 Å². The van der Waals surface area contributed by atoms with Gasteiger partial charge in [-0.3, -0.25) is 0 Å². The van der Waals surface area contributed by atoms with Gasteiger partial charge in [0.05, 0.1) is 5.56 Å². The van der Waals surface area contributed by atoms with Crippen molar-refractivity contribution in [3.8, 4) is 11.1 Å². The first-order valence-electron chi connectivity index (χ1n) is 6.67. The summed E-state index contributed by atoms with van der Waals surface area (Å²) in [4.78, 5) is 0. The van der Waals surface area contributed by atoms with Crippen molar-refractivity contribution in [2.24, 2.45) is 0 Å². The van der Waals surface area contributed by atoms with E-state index in [4.69, 9.17) is 0 Å². The third-order valence-electron chi connectivity index (χ3n) is 3.09. The van der Waals surface area contributed by atoms with Crippen LogP contribution in [0.4, 0.5) is 17.6 Å². The van der Waals surface area contributed by atoms with E-state index in [1.165, 1.54) is 12.1 Å². The van der Waals surface area contributed by atoms with Gasteiger partial charge in [-0.15, -0.1) is 0 Å². The standard InChI is InChI=1S/C16H15F4N/c1-2-5-21-9-10-6-11(17)3-4-13(10)16-14(19)7-12(18)8-15(16)20/h3-4,6-8,21H,2,5,9H2,1H3. The summed E-state index contributed by atoms with van der Waals surface area (Å²) in [7, 11) is 0. The summed E-state index contributed by atoms with van der Waals surface area (Å²) in [5.74, 6) is -3.48. The molecule has 0 saturated heterocycles. The first kappa shape index (κ1) is 15.5. The van der Waals surface area contributed by atoms with Gasteiger partial charge in [-0.25, -0.2) is 17.6 Å². The van der Waals surface area contributed by atoms with Gasteiger partial charge in [0.15, 0.2) is 0 Å². The third-order valence-corrected chi connectivity index (χ3v) is 3.09. The summed E-state index contributed by atoms with van der Waals surface area (Å²) in [6.45, 7) is 2.94. The van der Waals surface area contributed by atoms with Crippen molar-refractivity contribution >= 4 is 0 Å². The maximum atomic E-state index is 13.9. The fourth-order valence-corrected chi connectivity index (χ4v) is 2.15. The largest absolute Gasteiger partial charge is 0.313 e. The Bertz CT molecular complexity index is 617. The molecule has 0 aliphatic carbocycles. The van der Waals surface area contributed by atoms with Gasteiger partial charge in [0.2, 0.25) is 0 Å². The van der Waals surface area contributed by atoms with E-state index in [-0.39, 0.29) is 17.7 Å². The van der Waals surface area contributed by atoms with E-state index >= 15 is 0 Å². The molecule has 112 valence electrons. The fraction of sp³-hybridized carbons (Fsp3) is 0.250. The number of benzene rings is 2. The number of rotatable bonds is 5. The van der Waals surface area contributed by atoms with Crippen molar-refractivity contribution in [3.63, 3.8) is 0 Å². The molecule has 0 saturated carbocycles. The molecular weight excluding hydrogens is 282 g/mol. The van der Waals surface area contributed by atoms with Crippen LogP contribution in [-0.2, 0) is 6.54 Å². The molecule has 0 aliphatic rings. The second-order valence-corrected chi connectivity index (χ2v) is 4.72. The number of hydrogen-bond acceptors (Lipinski definition) is 1. The third kappa shape index (κ3) is 3.61. The van der Waals surface area contributed by atoms with E-state index in [1.54, 1.807) is 0 Å². The lowest BCUT2D eigenvalue weighted by atomic mass is 9.98. The van der Waals surface area contributed by atoms with E-state index in [0.717, 1.165) is 12.5 Å². The molecule has 0 aromatic heterocycles. The predicted octanol–water partition coefficient (Wildman–Crippen LogP) is 4.41. The molecule has 1 nitrogen and oxygen atoms in total. The quantitative estimate of drug-likeness (QED) is 0.637. The molecule has 0 radical (unpaired) electrons. The molecule has 0 unspecified atom stereocenters. The Morgan fingerprint density at radius 3 is 2.19 bits per heavy atom. The van der Waals surface area contributed by atoms with Crippen molar-refractivity contribution in [3.05, 3.63) is 59.2 Å². The van der Waals surface area contributed by atoms with Crippen LogP contribution in [-0.4, -0.2) is 6.54 Å². The van der Waals surface area contributed by atoms with Crippen molar-refractivity contribution in [1.29, 1.82) is 0 Å². The molecule has 0 amide bonds. The van der Waals surface area contributed by atoms with Crippen molar-refractivity contribution in [2.75, 3.05) is 6.54 Å². The molecule has 0 fully saturated rings. The average molecular weight is 297 g/mol. The van der Waals surface area contributed by atoms with Gasteiger partial charge in [0.1, 0.15) is 23.3 Å². The summed E-state index contributed by atoms with van der Waals surface area (Å²) in [6, 6.07) is 4.88. The zero-order valence-electron chi connectivity index (χ0n) is 11.5. The molecule has 21 heavy (non-hydrogen) atoms. The van der Waals surface area contributed by atoms with Crippen molar-refractivity contribution in [1.82, 2.24) is 5.32 Å². The van der Waals surface area contributed by atoms with Crippen LogP contribution in [0.3, 0.4) is 0 Å². The van der Waals surface area contributed by atoms with Gasteiger partial charge in [0, 0.05) is 18.7 Å². The van der Waals surface area contributed by atoms with E-state index in [9.17, 15) is 17.6 Å². The minimum atomic E-state index is -1.00. The Kier molecular flexibility index (Phi) is 4.96. The second kappa shape index (κ2) is 6.72. The monoisotopic (exact) mass is 297 g/mol.